The highest BCUT2D eigenvalue weighted by Gasteiger charge is 2.65. The molecule has 1 aliphatic heterocycles. The van der Waals surface area contributed by atoms with E-state index in [4.69, 9.17) is 24.2 Å². The fourth-order valence-corrected chi connectivity index (χ4v) is 9.28. The van der Waals surface area contributed by atoms with Crippen LogP contribution in [0.1, 0.15) is 91.3 Å². The summed E-state index contributed by atoms with van der Waals surface area (Å²) in [5.41, 5.74) is 3.95. The van der Waals surface area contributed by atoms with E-state index in [9.17, 15) is 30.4 Å². The summed E-state index contributed by atoms with van der Waals surface area (Å²) in [7, 11) is 0. The Morgan fingerprint density at radius 1 is 1.03 bits per heavy atom. The Morgan fingerprint density at radius 2 is 1.75 bits per heavy atom. The number of hydrogen-bond donors (Lipinski definition) is 2. The number of oxime groups is 1. The first kappa shape index (κ1) is 44.7. The van der Waals surface area contributed by atoms with Crippen LogP contribution in [0.2, 0.25) is 0 Å². The SMILES string of the molecule is C=CCOc1ccc2c(c1)[C@H]1[C@H](CCCCO)[C@@H](CCCCO)C=C3C(=NOCc4ccc([N+](=O)[O-])cc4)C[C@H](N(CCC)C(=O)c4ccc(C#N)cc4)[C@@](OCC=C)(O2)[C@H]31. The number of benzene rings is 3. The third kappa shape index (κ3) is 9.89. The fourth-order valence-electron chi connectivity index (χ4n) is 9.28. The first-order chi connectivity index (χ1) is 29.7. The van der Waals surface area contributed by atoms with Gasteiger partial charge >= 0.3 is 0 Å². The van der Waals surface area contributed by atoms with E-state index in [0.29, 0.717) is 66.3 Å². The zero-order valence-corrected chi connectivity index (χ0v) is 34.8. The van der Waals surface area contributed by atoms with Crippen molar-refractivity contribution in [1.29, 1.82) is 5.26 Å². The minimum absolute atomic E-state index is 0.0258. The van der Waals surface area contributed by atoms with Crippen molar-refractivity contribution in [3.05, 3.63) is 136 Å². The van der Waals surface area contributed by atoms with Crippen LogP contribution >= 0.6 is 0 Å². The number of unbranched alkanes of at least 4 members (excludes halogenated alkanes) is 2. The van der Waals surface area contributed by atoms with Crippen LogP contribution in [0, 0.1) is 39.2 Å². The lowest BCUT2D eigenvalue weighted by molar-refractivity contribution is -0.384. The van der Waals surface area contributed by atoms with Gasteiger partial charge in [0.1, 0.15) is 30.8 Å². The number of aliphatic hydroxyl groups excluding tert-OH is 2. The minimum Gasteiger partial charge on any atom is -0.490 e. The summed E-state index contributed by atoms with van der Waals surface area (Å²) in [5.74, 6) is -1.13. The largest absolute Gasteiger partial charge is 0.490 e. The van der Waals surface area contributed by atoms with Gasteiger partial charge < -0.3 is 34.2 Å². The van der Waals surface area contributed by atoms with Crippen LogP contribution in [0.25, 0.3) is 0 Å². The van der Waals surface area contributed by atoms with Crippen molar-refractivity contribution in [1.82, 2.24) is 4.90 Å². The molecule has 1 fully saturated rings. The quantitative estimate of drug-likeness (QED) is 0.0433. The normalized spacial score (nSPS) is 23.0. The van der Waals surface area contributed by atoms with E-state index in [0.717, 1.165) is 36.8 Å². The second-order valence-corrected chi connectivity index (χ2v) is 15.8. The summed E-state index contributed by atoms with van der Waals surface area (Å²) >= 11 is 0. The Labute approximate surface area is 357 Å². The van der Waals surface area contributed by atoms with E-state index in [2.05, 4.69) is 25.3 Å². The average Bonchev–Trinajstić information content (AvgIpc) is 3.28. The summed E-state index contributed by atoms with van der Waals surface area (Å²) in [6.45, 7) is 10.8. The maximum atomic E-state index is 14.9. The standard InChI is InChI=1S/C48H56N4O9/c1-4-23-51(47(55)35-17-13-33(31-49)14-18-35)44-30-42(50-60-32-34-15-19-37(20-16-34)52(56)57)40-28-36(11-7-9-24-53)39(12-8-10-25-54)45-41-29-38(58-26-5-2)21-22-43(41)61-48(44,46(40)45)59-27-6-3/h5-6,13-22,28-29,36,39,44-46,53-54H,2-4,7-12,23-27,30,32H2,1H3/t36-,39+,44-,45+,46+,48+/m0/s1. The zero-order valence-electron chi connectivity index (χ0n) is 34.8. The number of fused-ring (bicyclic) bond motifs is 2. The molecule has 13 nitrogen and oxygen atoms in total. The topological polar surface area (TPSA) is 177 Å². The van der Waals surface area contributed by atoms with Gasteiger partial charge in [-0.05, 0) is 110 Å². The summed E-state index contributed by atoms with van der Waals surface area (Å²) in [5, 5.41) is 45.5. The number of rotatable bonds is 22. The van der Waals surface area contributed by atoms with E-state index in [-0.39, 0.29) is 62.2 Å². The van der Waals surface area contributed by atoms with Gasteiger partial charge in [-0.25, -0.2) is 0 Å². The van der Waals surface area contributed by atoms with Crippen molar-refractivity contribution in [2.24, 2.45) is 22.9 Å². The monoisotopic (exact) mass is 832 g/mol. The molecule has 1 heterocycles. The van der Waals surface area contributed by atoms with Crippen LogP contribution in [-0.4, -0.2) is 76.5 Å². The number of ether oxygens (including phenoxy) is 3. The van der Waals surface area contributed by atoms with Crippen molar-refractivity contribution in [2.75, 3.05) is 33.0 Å². The molecule has 0 unspecified atom stereocenters. The molecular weight excluding hydrogens is 777 g/mol. The van der Waals surface area contributed by atoms with Gasteiger partial charge in [0.2, 0.25) is 5.79 Å². The van der Waals surface area contributed by atoms with E-state index in [1.54, 1.807) is 48.6 Å². The molecule has 1 amide bonds. The lowest BCUT2D eigenvalue weighted by atomic mass is 9.55. The number of non-ortho nitro benzene ring substituents is 1. The van der Waals surface area contributed by atoms with Crippen LogP contribution < -0.4 is 9.47 Å². The van der Waals surface area contributed by atoms with Crippen molar-refractivity contribution in [2.45, 2.75) is 82.6 Å². The van der Waals surface area contributed by atoms with Crippen molar-refractivity contribution >= 4 is 17.3 Å². The molecule has 3 aromatic rings. The van der Waals surface area contributed by atoms with Gasteiger partial charge in [-0.3, -0.25) is 14.9 Å². The number of nitro groups is 1. The molecule has 0 aromatic heterocycles. The Morgan fingerprint density at radius 3 is 2.41 bits per heavy atom. The van der Waals surface area contributed by atoms with E-state index in [1.807, 2.05) is 30.0 Å². The molecular formula is C48H56N4O9. The highest BCUT2D eigenvalue weighted by atomic mass is 16.7. The van der Waals surface area contributed by atoms with Gasteiger partial charge in [0.05, 0.1) is 34.8 Å². The van der Waals surface area contributed by atoms with Crippen molar-refractivity contribution < 1.29 is 39.0 Å². The zero-order chi connectivity index (χ0) is 43.4. The van der Waals surface area contributed by atoms with Crippen LogP contribution in [0.15, 0.2) is 109 Å². The Hall–Kier alpha value is -5.81. The third-order valence-corrected chi connectivity index (χ3v) is 11.9. The van der Waals surface area contributed by atoms with Gasteiger partial charge in [0.15, 0.2) is 0 Å². The van der Waals surface area contributed by atoms with Crippen LogP contribution in [-0.2, 0) is 16.2 Å². The Balaban J connectivity index is 1.58. The number of allylic oxidation sites excluding steroid dienone is 1. The van der Waals surface area contributed by atoms with Gasteiger partial charge in [-0.15, -0.1) is 6.58 Å². The Kier molecular flexibility index (Phi) is 15.5. The Bertz CT molecular complexity index is 2110. The molecule has 0 spiro atoms. The number of amides is 1. The molecule has 0 bridgehead atoms. The van der Waals surface area contributed by atoms with Crippen LogP contribution in [0.5, 0.6) is 11.5 Å². The molecule has 3 aromatic carbocycles. The second kappa shape index (κ2) is 21.1. The van der Waals surface area contributed by atoms with E-state index < -0.39 is 22.7 Å². The van der Waals surface area contributed by atoms with Gasteiger partial charge in [-0.1, -0.05) is 49.7 Å². The summed E-state index contributed by atoms with van der Waals surface area (Å²) < 4.78 is 20.4. The molecule has 6 atom stereocenters. The first-order valence-corrected chi connectivity index (χ1v) is 21.2. The lowest BCUT2D eigenvalue weighted by Gasteiger charge is -2.60. The molecule has 2 N–H and O–H groups in total. The van der Waals surface area contributed by atoms with Gasteiger partial charge in [0, 0.05) is 55.4 Å². The summed E-state index contributed by atoms with van der Waals surface area (Å²) in [4.78, 5) is 33.7. The van der Waals surface area contributed by atoms with Crippen LogP contribution in [0.3, 0.4) is 0 Å². The van der Waals surface area contributed by atoms with E-state index in [1.165, 1.54) is 12.1 Å². The number of nitrogens with zero attached hydrogens (tertiary/aromatic N) is 4. The maximum absolute atomic E-state index is 14.9. The first-order valence-electron chi connectivity index (χ1n) is 21.2. The molecule has 3 aliphatic rings. The average molecular weight is 833 g/mol. The predicted molar refractivity (Wildman–Crippen MR) is 231 cm³/mol. The number of carbonyl (C=O) groups is 1. The second-order valence-electron chi connectivity index (χ2n) is 15.8. The molecule has 13 heteroatoms. The number of aliphatic hydroxyl groups is 2. The highest BCUT2D eigenvalue weighted by Crippen LogP contribution is 2.62. The molecule has 322 valence electrons. The smallest absolute Gasteiger partial charge is 0.269 e. The minimum atomic E-state index is -1.44. The lowest BCUT2D eigenvalue weighted by Crippen LogP contribution is -2.70. The molecule has 6 rings (SSSR count). The number of hydrogen-bond acceptors (Lipinski definition) is 11. The number of nitro benzene ring substituents is 1. The number of carbonyl (C=O) groups excluding carboxylic acids is 1. The van der Waals surface area contributed by atoms with Crippen molar-refractivity contribution in [3.8, 4) is 17.6 Å². The summed E-state index contributed by atoms with van der Waals surface area (Å²) in [6.07, 6.45) is 10.9. The number of nitriles is 1. The van der Waals surface area contributed by atoms with Crippen molar-refractivity contribution in [3.63, 3.8) is 0 Å². The fraction of sp³-hybridized carbons (Fsp3) is 0.438. The molecule has 61 heavy (non-hydrogen) atoms. The molecule has 2 aliphatic carbocycles. The van der Waals surface area contributed by atoms with Gasteiger partial charge in [0.25, 0.3) is 11.6 Å². The third-order valence-electron chi connectivity index (χ3n) is 11.9. The predicted octanol–water partition coefficient (Wildman–Crippen LogP) is 8.42. The van der Waals surface area contributed by atoms with Crippen LogP contribution in [0.4, 0.5) is 5.69 Å². The van der Waals surface area contributed by atoms with E-state index >= 15 is 0 Å². The highest BCUT2D eigenvalue weighted by molar-refractivity contribution is 6.03. The molecule has 0 saturated heterocycles. The molecule has 0 radical (unpaired) electrons. The maximum Gasteiger partial charge on any atom is 0.269 e. The molecule has 1 saturated carbocycles. The van der Waals surface area contributed by atoms with Gasteiger partial charge in [-0.2, -0.15) is 5.26 Å². The summed E-state index contributed by atoms with van der Waals surface area (Å²) in [6, 6.07) is 19.9.